The largest absolute Gasteiger partial charge is 0.458 e. The van der Waals surface area contributed by atoms with Crippen molar-refractivity contribution >= 4 is 16.9 Å². The molecule has 0 amide bonds. The van der Waals surface area contributed by atoms with E-state index in [1.165, 1.54) is 16.7 Å². The van der Waals surface area contributed by atoms with Crippen LogP contribution in [0.2, 0.25) is 0 Å². The molecule has 37 heavy (non-hydrogen) atoms. The summed E-state index contributed by atoms with van der Waals surface area (Å²) in [5.74, 6) is -1.39. The van der Waals surface area contributed by atoms with Crippen molar-refractivity contribution in [2.45, 2.75) is 45.2 Å². The summed E-state index contributed by atoms with van der Waals surface area (Å²) in [5.41, 5.74) is 0.673. The Labute approximate surface area is 208 Å². The first-order valence-corrected chi connectivity index (χ1v) is 12.1. The van der Waals surface area contributed by atoms with Crippen LogP contribution in [0, 0.1) is 5.82 Å². The summed E-state index contributed by atoms with van der Waals surface area (Å²) in [7, 11) is 0. The standard InChI is InChI=1S/C26H22FN5O5/c1-2-26(36)16-8-18-22-21(11-30(18)24(34)15(16)12-37-25(26)35)32(17-4-3-13(27)7-14(17)23(22)33)20-10-29-31-6-5-28-9-19(20)31/h3-4,7-8,10,28,36H,2,5-6,9,11-12H2,1H3. The average Bonchev–Trinajstić information content (AvgIpc) is 3.50. The van der Waals surface area contributed by atoms with Gasteiger partial charge in [0.15, 0.2) is 11.0 Å². The molecule has 1 unspecified atom stereocenters. The van der Waals surface area contributed by atoms with Crippen molar-refractivity contribution in [1.82, 2.24) is 24.2 Å². The molecule has 0 aliphatic carbocycles. The maximum Gasteiger partial charge on any atom is 0.343 e. The van der Waals surface area contributed by atoms with Crippen molar-refractivity contribution in [3.63, 3.8) is 0 Å². The third-order valence-corrected chi connectivity index (χ3v) is 7.80. The highest BCUT2D eigenvalue weighted by Crippen LogP contribution is 2.39. The van der Waals surface area contributed by atoms with Crippen LogP contribution in [0.25, 0.3) is 27.8 Å². The normalized spacial score (nSPS) is 19.8. The molecule has 11 heteroatoms. The number of fused-ring (bicyclic) bond motifs is 6. The monoisotopic (exact) mass is 503 g/mol. The van der Waals surface area contributed by atoms with Gasteiger partial charge in [0.25, 0.3) is 5.56 Å². The van der Waals surface area contributed by atoms with E-state index in [-0.39, 0.29) is 47.3 Å². The smallest absolute Gasteiger partial charge is 0.343 e. The third kappa shape index (κ3) is 2.80. The van der Waals surface area contributed by atoms with Gasteiger partial charge in [-0.2, -0.15) is 5.10 Å². The first kappa shape index (κ1) is 22.1. The molecule has 0 saturated carbocycles. The summed E-state index contributed by atoms with van der Waals surface area (Å²) in [6, 6.07) is 5.60. The minimum Gasteiger partial charge on any atom is -0.458 e. The SMILES string of the molecule is CCC1(O)C(=O)OCc2c1cc1n(c2=O)Cc2c-1c(=O)c1cc(F)ccc1n2-c1cnn2c1CNCC2. The van der Waals surface area contributed by atoms with Crippen LogP contribution in [0.15, 0.2) is 40.1 Å². The number of carbonyl (C=O) groups is 1. The summed E-state index contributed by atoms with van der Waals surface area (Å²) < 4.78 is 24.7. The van der Waals surface area contributed by atoms with E-state index < -0.39 is 28.4 Å². The zero-order chi connectivity index (χ0) is 25.6. The molecule has 3 aliphatic heterocycles. The fourth-order valence-electron chi connectivity index (χ4n) is 5.86. The predicted molar refractivity (Wildman–Crippen MR) is 130 cm³/mol. The lowest BCUT2D eigenvalue weighted by Crippen LogP contribution is -2.44. The molecule has 7 rings (SSSR count). The van der Waals surface area contributed by atoms with Gasteiger partial charge in [0.2, 0.25) is 0 Å². The number of hydrogen-bond acceptors (Lipinski definition) is 7. The molecule has 3 aromatic heterocycles. The number of pyridine rings is 2. The van der Waals surface area contributed by atoms with E-state index in [0.717, 1.165) is 17.9 Å². The minimum atomic E-state index is -2.00. The second-order valence-corrected chi connectivity index (χ2v) is 9.63. The van der Waals surface area contributed by atoms with Crippen molar-refractivity contribution in [2.75, 3.05) is 6.54 Å². The molecule has 188 valence electrons. The number of ether oxygens (including phenoxy) is 1. The number of esters is 1. The van der Waals surface area contributed by atoms with Gasteiger partial charge in [-0.15, -0.1) is 0 Å². The zero-order valence-electron chi connectivity index (χ0n) is 19.9. The molecule has 0 saturated heterocycles. The lowest BCUT2D eigenvalue weighted by molar-refractivity contribution is -0.172. The van der Waals surface area contributed by atoms with E-state index in [4.69, 9.17) is 4.74 Å². The lowest BCUT2D eigenvalue weighted by atomic mass is 9.85. The average molecular weight is 503 g/mol. The fraction of sp³-hybridized carbons (Fsp3) is 0.308. The number of cyclic esters (lactones) is 1. The third-order valence-electron chi connectivity index (χ3n) is 7.80. The van der Waals surface area contributed by atoms with Gasteiger partial charge in [-0.3, -0.25) is 14.3 Å². The molecule has 1 atom stereocenters. The topological polar surface area (TPSA) is 120 Å². The maximum absolute atomic E-state index is 14.4. The van der Waals surface area contributed by atoms with Gasteiger partial charge in [0.05, 0.1) is 58.7 Å². The number of rotatable bonds is 2. The Morgan fingerprint density at radius 1 is 1.22 bits per heavy atom. The van der Waals surface area contributed by atoms with Crippen LogP contribution in [0.4, 0.5) is 4.39 Å². The van der Waals surface area contributed by atoms with E-state index in [0.29, 0.717) is 24.3 Å². The lowest BCUT2D eigenvalue weighted by Gasteiger charge is -2.31. The van der Waals surface area contributed by atoms with Crippen LogP contribution in [0.5, 0.6) is 0 Å². The number of aromatic nitrogens is 4. The van der Waals surface area contributed by atoms with Gasteiger partial charge in [-0.25, -0.2) is 9.18 Å². The minimum absolute atomic E-state index is 0.00269. The highest BCUT2D eigenvalue weighted by Gasteiger charge is 2.45. The van der Waals surface area contributed by atoms with Crippen molar-refractivity contribution < 1.29 is 19.0 Å². The summed E-state index contributed by atoms with van der Waals surface area (Å²) in [6.45, 7) is 3.46. The zero-order valence-corrected chi connectivity index (χ0v) is 19.9. The van der Waals surface area contributed by atoms with E-state index in [1.54, 1.807) is 25.3 Å². The van der Waals surface area contributed by atoms with Gasteiger partial charge < -0.3 is 24.3 Å². The number of benzene rings is 1. The first-order chi connectivity index (χ1) is 17.8. The van der Waals surface area contributed by atoms with Gasteiger partial charge in [0.1, 0.15) is 12.4 Å². The number of hydrogen-bond donors (Lipinski definition) is 2. The highest BCUT2D eigenvalue weighted by atomic mass is 19.1. The highest BCUT2D eigenvalue weighted by molar-refractivity contribution is 5.89. The number of carbonyl (C=O) groups excluding carboxylic acids is 1. The molecular weight excluding hydrogens is 481 g/mol. The Bertz CT molecular complexity index is 1800. The van der Waals surface area contributed by atoms with Crippen molar-refractivity contribution in [3.05, 3.63) is 79.4 Å². The fourth-order valence-corrected chi connectivity index (χ4v) is 5.86. The Kier molecular flexibility index (Phi) is 4.47. The van der Waals surface area contributed by atoms with Crippen molar-refractivity contribution in [1.29, 1.82) is 0 Å². The Morgan fingerprint density at radius 3 is 2.86 bits per heavy atom. The first-order valence-electron chi connectivity index (χ1n) is 12.1. The number of nitrogens with zero attached hydrogens (tertiary/aromatic N) is 4. The second kappa shape index (κ2) is 7.46. The molecule has 6 heterocycles. The molecular formula is C26H22FN5O5. The molecule has 0 fully saturated rings. The molecule has 0 bridgehead atoms. The van der Waals surface area contributed by atoms with E-state index >= 15 is 0 Å². The second-order valence-electron chi connectivity index (χ2n) is 9.63. The summed E-state index contributed by atoms with van der Waals surface area (Å²) in [4.78, 5) is 40.0. The summed E-state index contributed by atoms with van der Waals surface area (Å²) >= 11 is 0. The number of halogens is 1. The van der Waals surface area contributed by atoms with Gasteiger partial charge in [-0.05, 0) is 30.7 Å². The van der Waals surface area contributed by atoms with Gasteiger partial charge in [-0.1, -0.05) is 6.92 Å². The van der Waals surface area contributed by atoms with Crippen LogP contribution < -0.4 is 16.3 Å². The maximum atomic E-state index is 14.4. The van der Waals surface area contributed by atoms with Crippen LogP contribution in [0.1, 0.15) is 35.9 Å². The Morgan fingerprint density at radius 2 is 2.05 bits per heavy atom. The van der Waals surface area contributed by atoms with Crippen molar-refractivity contribution in [3.8, 4) is 16.9 Å². The van der Waals surface area contributed by atoms with E-state index in [1.807, 2.05) is 9.25 Å². The molecule has 4 aromatic rings. The predicted octanol–water partition coefficient (Wildman–Crippen LogP) is 1.27. The Balaban J connectivity index is 1.59. The van der Waals surface area contributed by atoms with Crippen molar-refractivity contribution in [2.24, 2.45) is 0 Å². The van der Waals surface area contributed by atoms with E-state index in [2.05, 4.69) is 10.4 Å². The van der Waals surface area contributed by atoms with E-state index in [9.17, 15) is 23.9 Å². The van der Waals surface area contributed by atoms with Gasteiger partial charge in [0, 0.05) is 24.0 Å². The molecule has 2 N–H and O–H groups in total. The molecule has 3 aliphatic rings. The van der Waals surface area contributed by atoms with Crippen LogP contribution >= 0.6 is 0 Å². The summed E-state index contributed by atoms with van der Waals surface area (Å²) in [6.07, 6.45) is 1.71. The molecule has 0 radical (unpaired) electrons. The Hall–Kier alpha value is -4.09. The summed E-state index contributed by atoms with van der Waals surface area (Å²) in [5, 5.41) is 19.2. The van der Waals surface area contributed by atoms with Gasteiger partial charge >= 0.3 is 5.97 Å². The van der Waals surface area contributed by atoms with Crippen LogP contribution in [-0.2, 0) is 41.4 Å². The number of aliphatic hydroxyl groups is 1. The quantitative estimate of drug-likeness (QED) is 0.348. The molecule has 10 nitrogen and oxygen atoms in total. The molecule has 1 aromatic carbocycles. The van der Waals surface area contributed by atoms with Crippen LogP contribution in [0.3, 0.4) is 0 Å². The molecule has 0 spiro atoms. The number of nitrogens with one attached hydrogen (secondary N) is 1. The van der Waals surface area contributed by atoms with Crippen LogP contribution in [-0.4, -0.2) is 36.5 Å².